The molecule has 0 bridgehead atoms. The van der Waals surface area contributed by atoms with E-state index in [1.54, 1.807) is 6.07 Å². The first-order chi connectivity index (χ1) is 9.29. The summed E-state index contributed by atoms with van der Waals surface area (Å²) < 4.78 is 13.2. The molecule has 1 saturated heterocycles. The number of halogens is 1. The van der Waals surface area contributed by atoms with E-state index in [0.717, 1.165) is 25.7 Å². The second-order valence-electron chi connectivity index (χ2n) is 6.05. The summed E-state index contributed by atoms with van der Waals surface area (Å²) in [6.45, 7) is 7.57. The van der Waals surface area contributed by atoms with E-state index in [0.29, 0.717) is 12.1 Å². The fourth-order valence-electron chi connectivity index (χ4n) is 2.60. The molecule has 1 aromatic rings. The minimum Gasteiger partial charge on any atom is -0.478 e. The average Bonchev–Trinajstić information content (AvgIpc) is 2.35. The maximum absolute atomic E-state index is 13.2. The van der Waals surface area contributed by atoms with Gasteiger partial charge in [0, 0.05) is 31.7 Å². The average molecular weight is 280 g/mol. The summed E-state index contributed by atoms with van der Waals surface area (Å²) in [6, 6.07) is 3.99. The zero-order valence-corrected chi connectivity index (χ0v) is 12.2. The minimum absolute atomic E-state index is 0.0572. The molecule has 1 fully saturated rings. The van der Waals surface area contributed by atoms with Gasteiger partial charge in [0.15, 0.2) is 0 Å². The SMILES string of the molecule is CN1CCN(Cc2ccc(F)cc2C(=O)O)CC1(C)C. The van der Waals surface area contributed by atoms with Gasteiger partial charge >= 0.3 is 5.97 Å². The second-order valence-corrected chi connectivity index (χ2v) is 6.05. The van der Waals surface area contributed by atoms with Crippen LogP contribution in [0, 0.1) is 5.82 Å². The molecule has 0 atom stereocenters. The highest BCUT2D eigenvalue weighted by Gasteiger charge is 2.31. The van der Waals surface area contributed by atoms with Crippen LogP contribution in [-0.4, -0.2) is 53.1 Å². The molecule has 0 radical (unpaired) electrons. The molecule has 0 aromatic heterocycles. The third kappa shape index (κ3) is 3.16. The molecule has 1 N–H and O–H groups in total. The maximum Gasteiger partial charge on any atom is 0.336 e. The number of piperazine rings is 1. The van der Waals surface area contributed by atoms with Gasteiger partial charge in [0.2, 0.25) is 0 Å². The molecule has 20 heavy (non-hydrogen) atoms. The Morgan fingerprint density at radius 3 is 2.70 bits per heavy atom. The van der Waals surface area contributed by atoms with Crippen molar-refractivity contribution in [1.82, 2.24) is 9.80 Å². The van der Waals surface area contributed by atoms with Crippen LogP contribution in [0.3, 0.4) is 0 Å². The third-order valence-corrected chi connectivity index (χ3v) is 4.09. The molecule has 0 spiro atoms. The van der Waals surface area contributed by atoms with Crippen molar-refractivity contribution >= 4 is 5.97 Å². The number of benzene rings is 1. The van der Waals surface area contributed by atoms with Gasteiger partial charge in [-0.1, -0.05) is 6.07 Å². The van der Waals surface area contributed by atoms with Gasteiger partial charge < -0.3 is 5.11 Å². The zero-order valence-electron chi connectivity index (χ0n) is 12.2. The van der Waals surface area contributed by atoms with E-state index in [-0.39, 0.29) is 11.1 Å². The summed E-state index contributed by atoms with van der Waals surface area (Å²) in [6.07, 6.45) is 0. The normalized spacial score (nSPS) is 20.0. The topological polar surface area (TPSA) is 43.8 Å². The van der Waals surface area contributed by atoms with Gasteiger partial charge in [-0.3, -0.25) is 9.80 Å². The van der Waals surface area contributed by atoms with E-state index in [2.05, 4.69) is 30.7 Å². The fourth-order valence-corrected chi connectivity index (χ4v) is 2.60. The molecular weight excluding hydrogens is 259 g/mol. The molecule has 1 aliphatic heterocycles. The van der Waals surface area contributed by atoms with Gasteiger partial charge in [-0.25, -0.2) is 9.18 Å². The lowest BCUT2D eigenvalue weighted by Gasteiger charge is -2.45. The highest BCUT2D eigenvalue weighted by atomic mass is 19.1. The van der Waals surface area contributed by atoms with Crippen molar-refractivity contribution in [3.63, 3.8) is 0 Å². The Morgan fingerprint density at radius 1 is 1.40 bits per heavy atom. The van der Waals surface area contributed by atoms with Crippen LogP contribution in [0.25, 0.3) is 0 Å². The van der Waals surface area contributed by atoms with Crippen molar-refractivity contribution in [2.24, 2.45) is 0 Å². The Bertz CT molecular complexity index is 517. The van der Waals surface area contributed by atoms with Gasteiger partial charge in [-0.05, 0) is 38.6 Å². The molecule has 1 heterocycles. The number of rotatable bonds is 3. The highest BCUT2D eigenvalue weighted by molar-refractivity contribution is 5.89. The molecule has 2 rings (SSSR count). The van der Waals surface area contributed by atoms with Crippen LogP contribution in [0.15, 0.2) is 18.2 Å². The van der Waals surface area contributed by atoms with E-state index in [1.807, 2.05) is 0 Å². The predicted molar refractivity (Wildman–Crippen MR) is 75.3 cm³/mol. The van der Waals surface area contributed by atoms with Gasteiger partial charge in [0.05, 0.1) is 5.56 Å². The van der Waals surface area contributed by atoms with Crippen molar-refractivity contribution in [1.29, 1.82) is 0 Å². The number of carboxylic acid groups (broad SMARTS) is 1. The molecule has 0 saturated carbocycles. The molecule has 4 nitrogen and oxygen atoms in total. The fraction of sp³-hybridized carbons (Fsp3) is 0.533. The smallest absolute Gasteiger partial charge is 0.336 e. The maximum atomic E-state index is 13.2. The standard InChI is InChI=1S/C15H21FN2O2/c1-15(2)10-18(7-6-17(15)3)9-11-4-5-12(16)8-13(11)14(19)20/h4-5,8H,6-7,9-10H2,1-3H3,(H,19,20). The Labute approximate surface area is 118 Å². The largest absolute Gasteiger partial charge is 0.478 e. The van der Waals surface area contributed by atoms with Gasteiger partial charge in [-0.15, -0.1) is 0 Å². The molecule has 0 amide bonds. The highest BCUT2D eigenvalue weighted by Crippen LogP contribution is 2.22. The second kappa shape index (κ2) is 5.50. The van der Waals surface area contributed by atoms with Crippen LogP contribution < -0.4 is 0 Å². The summed E-state index contributed by atoms with van der Waals surface area (Å²) >= 11 is 0. The first-order valence-corrected chi connectivity index (χ1v) is 6.75. The number of carboxylic acids is 1. The van der Waals surface area contributed by atoms with Crippen LogP contribution in [0.2, 0.25) is 0 Å². The van der Waals surface area contributed by atoms with Crippen LogP contribution in [0.4, 0.5) is 4.39 Å². The van der Waals surface area contributed by atoms with Crippen molar-refractivity contribution in [2.45, 2.75) is 25.9 Å². The van der Waals surface area contributed by atoms with E-state index in [1.165, 1.54) is 6.07 Å². The summed E-state index contributed by atoms with van der Waals surface area (Å²) in [4.78, 5) is 15.7. The number of aromatic carboxylic acids is 1. The number of carbonyl (C=O) groups is 1. The summed E-state index contributed by atoms with van der Waals surface area (Å²) in [5, 5.41) is 9.17. The Hall–Kier alpha value is -1.46. The molecule has 1 aromatic carbocycles. The lowest BCUT2D eigenvalue weighted by molar-refractivity contribution is 0.0357. The Kier molecular flexibility index (Phi) is 4.11. The van der Waals surface area contributed by atoms with Crippen molar-refractivity contribution in [3.8, 4) is 0 Å². The van der Waals surface area contributed by atoms with E-state index in [4.69, 9.17) is 0 Å². The quantitative estimate of drug-likeness (QED) is 0.920. The lowest BCUT2D eigenvalue weighted by Crippen LogP contribution is -2.57. The molecule has 0 aliphatic carbocycles. The van der Waals surface area contributed by atoms with Crippen LogP contribution in [0.1, 0.15) is 29.8 Å². The number of likely N-dealkylation sites (N-methyl/N-ethyl adjacent to an activating group) is 1. The minimum atomic E-state index is -1.08. The third-order valence-electron chi connectivity index (χ3n) is 4.09. The van der Waals surface area contributed by atoms with Gasteiger partial charge in [0.25, 0.3) is 0 Å². The predicted octanol–water partition coefficient (Wildman–Crippen LogP) is 2.05. The number of hydrogen-bond donors (Lipinski definition) is 1. The summed E-state index contributed by atoms with van der Waals surface area (Å²) in [5.74, 6) is -1.59. The first-order valence-electron chi connectivity index (χ1n) is 6.75. The molecule has 110 valence electrons. The Balaban J connectivity index is 2.17. The van der Waals surface area contributed by atoms with Gasteiger partial charge in [-0.2, -0.15) is 0 Å². The van der Waals surface area contributed by atoms with Crippen LogP contribution in [0.5, 0.6) is 0 Å². The lowest BCUT2D eigenvalue weighted by atomic mass is 9.98. The molecular formula is C15H21FN2O2. The van der Waals surface area contributed by atoms with Gasteiger partial charge in [0.1, 0.15) is 5.82 Å². The first kappa shape index (κ1) is 14.9. The zero-order chi connectivity index (χ0) is 14.9. The van der Waals surface area contributed by atoms with E-state index < -0.39 is 11.8 Å². The van der Waals surface area contributed by atoms with Crippen molar-refractivity contribution < 1.29 is 14.3 Å². The van der Waals surface area contributed by atoms with Crippen molar-refractivity contribution in [3.05, 3.63) is 35.1 Å². The van der Waals surface area contributed by atoms with Crippen LogP contribution >= 0.6 is 0 Å². The molecule has 1 aliphatic rings. The Morgan fingerprint density at radius 2 is 2.10 bits per heavy atom. The summed E-state index contributed by atoms with van der Waals surface area (Å²) in [5.41, 5.74) is 0.780. The van der Waals surface area contributed by atoms with Crippen LogP contribution in [-0.2, 0) is 6.54 Å². The monoisotopic (exact) mass is 280 g/mol. The van der Waals surface area contributed by atoms with E-state index in [9.17, 15) is 14.3 Å². The molecule has 0 unspecified atom stereocenters. The molecule has 5 heteroatoms. The van der Waals surface area contributed by atoms with Crippen molar-refractivity contribution in [2.75, 3.05) is 26.7 Å². The van der Waals surface area contributed by atoms with E-state index >= 15 is 0 Å². The number of nitrogens with zero attached hydrogens (tertiary/aromatic N) is 2. The summed E-state index contributed by atoms with van der Waals surface area (Å²) in [7, 11) is 2.10. The number of hydrogen-bond acceptors (Lipinski definition) is 3.